The van der Waals surface area contributed by atoms with E-state index < -0.39 is 16.1 Å². The molecule has 0 aliphatic rings. The second-order valence-electron chi connectivity index (χ2n) is 6.82. The third-order valence-electron chi connectivity index (χ3n) is 4.74. The van der Waals surface area contributed by atoms with Gasteiger partial charge in [0.05, 0.1) is 11.9 Å². The Labute approximate surface area is 176 Å². The van der Waals surface area contributed by atoms with Crippen LogP contribution in [0, 0.1) is 0 Å². The highest BCUT2D eigenvalue weighted by molar-refractivity contribution is 7.92. The molecule has 1 amide bonds. The number of carbonyl (C=O) groups excluding carboxylic acids is 1. The third-order valence-corrected chi connectivity index (χ3v) is 6.18. The van der Waals surface area contributed by atoms with Crippen molar-refractivity contribution in [3.05, 3.63) is 77.3 Å². The first-order valence-electron chi connectivity index (χ1n) is 9.30. The predicted molar refractivity (Wildman–Crippen MR) is 119 cm³/mol. The van der Waals surface area contributed by atoms with Crippen LogP contribution in [-0.2, 0) is 21.4 Å². The Morgan fingerprint density at radius 2 is 1.69 bits per heavy atom. The molecule has 3 aromatic carbocycles. The molecule has 29 heavy (non-hydrogen) atoms. The number of fused-ring (bicyclic) bond motifs is 1. The van der Waals surface area contributed by atoms with Gasteiger partial charge in [0.1, 0.15) is 6.04 Å². The van der Waals surface area contributed by atoms with E-state index in [0.29, 0.717) is 23.7 Å². The van der Waals surface area contributed by atoms with Crippen LogP contribution in [0.15, 0.2) is 66.7 Å². The lowest BCUT2D eigenvalue weighted by Crippen LogP contribution is -2.49. The van der Waals surface area contributed by atoms with E-state index in [0.717, 1.165) is 26.9 Å². The fourth-order valence-corrected chi connectivity index (χ4v) is 4.73. The number of benzene rings is 3. The van der Waals surface area contributed by atoms with Gasteiger partial charge in [-0.25, -0.2) is 8.42 Å². The average Bonchev–Trinajstić information content (AvgIpc) is 2.70. The van der Waals surface area contributed by atoms with Gasteiger partial charge in [-0.1, -0.05) is 61.0 Å². The molecule has 0 aliphatic carbocycles. The molecule has 0 spiro atoms. The molecule has 5 nitrogen and oxygen atoms in total. The zero-order chi connectivity index (χ0) is 21.0. The number of carbonyl (C=O) groups is 1. The quantitative estimate of drug-likeness (QED) is 0.605. The molecule has 3 aromatic rings. The molecule has 0 heterocycles. The molecular formula is C22H23ClN2O3S. The van der Waals surface area contributed by atoms with E-state index in [2.05, 4.69) is 5.32 Å². The maximum Gasteiger partial charge on any atom is 0.244 e. The maximum atomic E-state index is 13.0. The molecule has 0 aromatic heterocycles. The number of sulfonamides is 1. The van der Waals surface area contributed by atoms with Crippen molar-refractivity contribution in [3.8, 4) is 0 Å². The fraction of sp³-hybridized carbons (Fsp3) is 0.227. The normalized spacial score (nSPS) is 12.5. The van der Waals surface area contributed by atoms with E-state index in [9.17, 15) is 13.2 Å². The lowest BCUT2D eigenvalue weighted by molar-refractivity contribution is -0.122. The second-order valence-corrected chi connectivity index (χ2v) is 9.11. The van der Waals surface area contributed by atoms with Gasteiger partial charge in [0.25, 0.3) is 0 Å². The minimum Gasteiger partial charge on any atom is -0.350 e. The summed E-state index contributed by atoms with van der Waals surface area (Å²) in [6, 6.07) is 19.4. The largest absolute Gasteiger partial charge is 0.350 e. The van der Waals surface area contributed by atoms with Crippen molar-refractivity contribution in [2.45, 2.75) is 25.9 Å². The lowest BCUT2D eigenvalue weighted by atomic mass is 10.0. The van der Waals surface area contributed by atoms with Crippen molar-refractivity contribution in [2.75, 3.05) is 10.6 Å². The van der Waals surface area contributed by atoms with E-state index in [1.165, 1.54) is 0 Å². The summed E-state index contributed by atoms with van der Waals surface area (Å²) in [7, 11) is -3.68. The van der Waals surface area contributed by atoms with Crippen LogP contribution in [0.4, 0.5) is 5.69 Å². The number of rotatable bonds is 7. The van der Waals surface area contributed by atoms with Crippen LogP contribution in [0.5, 0.6) is 0 Å². The van der Waals surface area contributed by atoms with Crippen molar-refractivity contribution in [1.29, 1.82) is 0 Å². The molecule has 0 radical (unpaired) electrons. The van der Waals surface area contributed by atoms with Gasteiger partial charge in [-0.05, 0) is 47.0 Å². The van der Waals surface area contributed by atoms with Crippen LogP contribution in [-0.4, -0.2) is 26.6 Å². The first-order valence-corrected chi connectivity index (χ1v) is 11.5. The Hall–Kier alpha value is -2.57. The number of nitrogens with zero attached hydrogens (tertiary/aromatic N) is 1. The molecule has 7 heteroatoms. The molecule has 0 bridgehead atoms. The summed E-state index contributed by atoms with van der Waals surface area (Å²) in [5.74, 6) is -0.346. The van der Waals surface area contributed by atoms with Gasteiger partial charge < -0.3 is 5.32 Å². The monoisotopic (exact) mass is 430 g/mol. The molecule has 1 atom stereocenters. The average molecular weight is 431 g/mol. The topological polar surface area (TPSA) is 66.5 Å². The zero-order valence-corrected chi connectivity index (χ0v) is 17.9. The van der Waals surface area contributed by atoms with Crippen molar-refractivity contribution >= 4 is 44.0 Å². The highest BCUT2D eigenvalue weighted by atomic mass is 35.5. The highest BCUT2D eigenvalue weighted by Crippen LogP contribution is 2.25. The summed E-state index contributed by atoms with van der Waals surface area (Å²) >= 11 is 5.92. The Morgan fingerprint density at radius 3 is 2.34 bits per heavy atom. The summed E-state index contributed by atoms with van der Waals surface area (Å²) in [4.78, 5) is 13.0. The number of hydrogen-bond acceptors (Lipinski definition) is 3. The molecule has 1 unspecified atom stereocenters. The molecule has 3 rings (SSSR count). The van der Waals surface area contributed by atoms with E-state index >= 15 is 0 Å². The van der Waals surface area contributed by atoms with Gasteiger partial charge in [-0.3, -0.25) is 9.10 Å². The summed E-state index contributed by atoms with van der Waals surface area (Å²) < 4.78 is 26.1. The summed E-state index contributed by atoms with van der Waals surface area (Å²) in [6.07, 6.45) is 1.43. The van der Waals surface area contributed by atoms with Crippen LogP contribution >= 0.6 is 11.6 Å². The predicted octanol–water partition coefficient (Wildman–Crippen LogP) is 4.35. The zero-order valence-electron chi connectivity index (χ0n) is 16.3. The van der Waals surface area contributed by atoms with Crippen LogP contribution < -0.4 is 9.62 Å². The van der Waals surface area contributed by atoms with Crippen LogP contribution in [0.1, 0.15) is 18.9 Å². The molecular weight excluding hydrogens is 408 g/mol. The number of hydrogen-bond donors (Lipinski definition) is 1. The van der Waals surface area contributed by atoms with Crippen LogP contribution in [0.25, 0.3) is 10.8 Å². The van der Waals surface area contributed by atoms with E-state index in [1.54, 1.807) is 31.2 Å². The van der Waals surface area contributed by atoms with E-state index in [1.807, 2.05) is 42.5 Å². The maximum absolute atomic E-state index is 13.0. The molecule has 1 N–H and O–H groups in total. The van der Waals surface area contributed by atoms with Gasteiger partial charge in [0.15, 0.2) is 0 Å². The Kier molecular flexibility index (Phi) is 6.45. The van der Waals surface area contributed by atoms with Gasteiger partial charge >= 0.3 is 0 Å². The molecule has 0 saturated heterocycles. The SMILES string of the molecule is CCC(C(=O)NCc1cccc2ccccc12)N(c1ccc(Cl)cc1)S(C)(=O)=O. The molecule has 0 aliphatic heterocycles. The number of amides is 1. The number of anilines is 1. The van der Waals surface area contributed by atoms with Gasteiger partial charge in [0.2, 0.25) is 15.9 Å². The van der Waals surface area contributed by atoms with Gasteiger partial charge in [-0.2, -0.15) is 0 Å². The Bertz CT molecular complexity index is 1110. The molecule has 152 valence electrons. The standard InChI is InChI=1S/C22H23ClN2O3S/c1-3-21(25(29(2,27)28)19-13-11-18(23)12-14-19)22(26)24-15-17-9-6-8-16-7-4-5-10-20(16)17/h4-14,21H,3,15H2,1-2H3,(H,24,26). The van der Waals surface area contributed by atoms with E-state index in [-0.39, 0.29) is 5.91 Å². The molecule has 0 fully saturated rings. The summed E-state index contributed by atoms with van der Waals surface area (Å²) in [5, 5.41) is 5.55. The van der Waals surface area contributed by atoms with Gasteiger partial charge in [0, 0.05) is 11.6 Å². The van der Waals surface area contributed by atoms with Crippen LogP contribution in [0.2, 0.25) is 5.02 Å². The Balaban J connectivity index is 1.85. The van der Waals surface area contributed by atoms with E-state index in [4.69, 9.17) is 11.6 Å². The van der Waals surface area contributed by atoms with Gasteiger partial charge in [-0.15, -0.1) is 0 Å². The van der Waals surface area contributed by atoms with Crippen molar-refractivity contribution in [1.82, 2.24) is 5.32 Å². The summed E-state index contributed by atoms with van der Waals surface area (Å²) in [5.41, 5.74) is 1.38. The van der Waals surface area contributed by atoms with Crippen molar-refractivity contribution < 1.29 is 13.2 Å². The third kappa shape index (κ3) is 4.89. The lowest BCUT2D eigenvalue weighted by Gasteiger charge is -2.30. The summed E-state index contributed by atoms with van der Waals surface area (Å²) in [6.45, 7) is 2.10. The minimum atomic E-state index is -3.68. The van der Waals surface area contributed by atoms with Crippen molar-refractivity contribution in [2.24, 2.45) is 0 Å². The number of halogens is 1. The Morgan fingerprint density at radius 1 is 1.03 bits per heavy atom. The highest BCUT2D eigenvalue weighted by Gasteiger charge is 2.31. The molecule has 0 saturated carbocycles. The number of nitrogens with one attached hydrogen (secondary N) is 1. The van der Waals surface area contributed by atoms with Crippen LogP contribution in [0.3, 0.4) is 0 Å². The minimum absolute atomic E-state index is 0.314. The smallest absolute Gasteiger partial charge is 0.244 e. The second kappa shape index (κ2) is 8.84. The first kappa shape index (κ1) is 21.1. The first-order chi connectivity index (χ1) is 13.8. The fourth-order valence-electron chi connectivity index (χ4n) is 3.40. The van der Waals surface area contributed by atoms with Crippen molar-refractivity contribution in [3.63, 3.8) is 0 Å².